The minimum atomic E-state index is -3.47. The topological polar surface area (TPSA) is 88.3 Å². The predicted molar refractivity (Wildman–Crippen MR) is 80.9 cm³/mol. The number of anilines is 1. The molecule has 21 heavy (non-hydrogen) atoms. The van der Waals surface area contributed by atoms with Gasteiger partial charge >= 0.3 is 0 Å². The van der Waals surface area contributed by atoms with Crippen molar-refractivity contribution in [3.63, 3.8) is 0 Å². The van der Waals surface area contributed by atoms with E-state index in [2.05, 4.69) is 10.4 Å². The van der Waals surface area contributed by atoms with Gasteiger partial charge in [-0.05, 0) is 37.7 Å². The molecule has 1 saturated heterocycles. The molecule has 2 heterocycles. The molecule has 3 N–H and O–H groups in total. The first kappa shape index (κ1) is 14.7. The van der Waals surface area contributed by atoms with E-state index in [1.54, 1.807) is 10.4 Å². The lowest BCUT2D eigenvalue weighted by atomic mass is 9.79. The van der Waals surface area contributed by atoms with Gasteiger partial charge in [-0.25, -0.2) is 19.2 Å². The quantitative estimate of drug-likeness (QED) is 0.655. The van der Waals surface area contributed by atoms with Gasteiger partial charge in [0.2, 0.25) is 10.0 Å². The number of rotatable bonds is 3. The van der Waals surface area contributed by atoms with E-state index in [9.17, 15) is 8.42 Å². The number of fused-ring (bicyclic) bond motifs is 1. The van der Waals surface area contributed by atoms with Crippen LogP contribution in [0.2, 0.25) is 0 Å². The zero-order valence-corrected chi connectivity index (χ0v) is 12.8. The van der Waals surface area contributed by atoms with Crippen LogP contribution in [0.15, 0.2) is 23.2 Å². The van der Waals surface area contributed by atoms with Gasteiger partial charge in [0.05, 0.1) is 4.90 Å². The predicted octanol–water partition coefficient (Wildman–Crippen LogP) is 1.71. The summed E-state index contributed by atoms with van der Waals surface area (Å²) < 4.78 is 27.6. The van der Waals surface area contributed by atoms with Crippen LogP contribution in [0.3, 0.4) is 0 Å². The van der Waals surface area contributed by atoms with Gasteiger partial charge in [-0.1, -0.05) is 12.8 Å². The van der Waals surface area contributed by atoms with Gasteiger partial charge in [-0.2, -0.15) is 4.31 Å². The summed E-state index contributed by atoms with van der Waals surface area (Å²) in [7, 11) is -3.47. The minimum absolute atomic E-state index is 0.167. The third kappa shape index (κ3) is 2.77. The molecule has 0 spiro atoms. The Morgan fingerprint density at radius 1 is 1.24 bits per heavy atom. The highest BCUT2D eigenvalue weighted by Crippen LogP contribution is 2.38. The summed E-state index contributed by atoms with van der Waals surface area (Å²) in [5, 5.41) is 0. The Morgan fingerprint density at radius 2 is 2.00 bits per heavy atom. The molecule has 116 valence electrons. The fraction of sp³-hybridized carbons (Fsp3) is 0.643. The molecular weight excluding hydrogens is 288 g/mol. The summed E-state index contributed by atoms with van der Waals surface area (Å²) in [4.78, 5) is 4.25. The van der Waals surface area contributed by atoms with Crippen molar-refractivity contribution in [1.82, 2.24) is 9.29 Å². The minimum Gasteiger partial charge on any atom is -0.308 e. The van der Waals surface area contributed by atoms with Gasteiger partial charge in [0.15, 0.2) is 0 Å². The van der Waals surface area contributed by atoms with Crippen LogP contribution in [0, 0.1) is 5.92 Å². The molecule has 7 heteroatoms. The molecule has 6 nitrogen and oxygen atoms in total. The summed E-state index contributed by atoms with van der Waals surface area (Å²) in [6.45, 7) is 0.622. The smallest absolute Gasteiger partial charge is 0.243 e. The third-order valence-electron chi connectivity index (χ3n) is 4.68. The van der Waals surface area contributed by atoms with Crippen LogP contribution < -0.4 is 11.3 Å². The number of aromatic nitrogens is 1. The van der Waals surface area contributed by atoms with Crippen LogP contribution in [-0.4, -0.2) is 30.3 Å². The average molecular weight is 310 g/mol. The molecule has 1 saturated carbocycles. The molecule has 0 amide bonds. The summed E-state index contributed by atoms with van der Waals surface area (Å²) in [5.41, 5.74) is 2.40. The maximum atomic E-state index is 12.9. The Bertz CT molecular complexity index is 603. The molecule has 1 aliphatic heterocycles. The number of nitrogens with two attached hydrogens (primary N) is 1. The maximum absolute atomic E-state index is 12.9. The summed E-state index contributed by atoms with van der Waals surface area (Å²) >= 11 is 0. The van der Waals surface area contributed by atoms with E-state index in [0.717, 1.165) is 32.1 Å². The van der Waals surface area contributed by atoms with Crippen molar-refractivity contribution >= 4 is 15.8 Å². The SMILES string of the molecule is NNc1cc(S(=O)(=O)N2CCC[C@H]3CCCC[C@H]32)ccn1. The number of nitrogens with one attached hydrogen (secondary N) is 1. The standard InChI is InChI=1S/C14H22N4O2S/c15-17-14-10-12(7-8-16-14)21(19,20)18-9-3-5-11-4-1-2-6-13(11)18/h7-8,10-11,13H,1-6,9,15H2,(H,16,17)/t11-,13-/m1/s1. The van der Waals surface area contributed by atoms with Crippen LogP contribution in [0.1, 0.15) is 38.5 Å². The Kier molecular flexibility index (Phi) is 4.14. The van der Waals surface area contributed by atoms with E-state index in [4.69, 9.17) is 5.84 Å². The first-order chi connectivity index (χ1) is 10.1. The zero-order chi connectivity index (χ0) is 14.9. The number of nitrogens with zero attached hydrogens (tertiary/aromatic N) is 2. The van der Waals surface area contributed by atoms with Crippen LogP contribution in [0.5, 0.6) is 0 Å². The molecule has 0 aromatic carbocycles. The lowest BCUT2D eigenvalue weighted by molar-refractivity contribution is 0.129. The fourth-order valence-corrected chi connectivity index (χ4v) is 5.43. The van der Waals surface area contributed by atoms with Crippen molar-refractivity contribution in [3.8, 4) is 0 Å². The van der Waals surface area contributed by atoms with Crippen molar-refractivity contribution < 1.29 is 8.42 Å². The number of sulfonamides is 1. The van der Waals surface area contributed by atoms with Gasteiger partial charge in [0.1, 0.15) is 5.82 Å². The number of pyridine rings is 1. The molecule has 2 atom stereocenters. The second-order valence-corrected chi connectivity index (χ2v) is 7.78. The Hall–Kier alpha value is -1.18. The second kappa shape index (κ2) is 5.90. The van der Waals surface area contributed by atoms with Crippen LogP contribution in [0.25, 0.3) is 0 Å². The van der Waals surface area contributed by atoms with E-state index in [-0.39, 0.29) is 10.9 Å². The molecule has 3 rings (SSSR count). The van der Waals surface area contributed by atoms with E-state index < -0.39 is 10.0 Å². The zero-order valence-electron chi connectivity index (χ0n) is 12.0. The Balaban J connectivity index is 1.92. The molecule has 1 aromatic heterocycles. The first-order valence-electron chi connectivity index (χ1n) is 7.57. The van der Waals surface area contributed by atoms with E-state index in [1.165, 1.54) is 18.7 Å². The molecule has 0 unspecified atom stereocenters. The molecule has 1 aliphatic carbocycles. The molecule has 0 radical (unpaired) electrons. The molecule has 1 aromatic rings. The lowest BCUT2D eigenvalue weighted by Gasteiger charge is -2.43. The van der Waals surface area contributed by atoms with E-state index in [1.807, 2.05) is 0 Å². The Morgan fingerprint density at radius 3 is 2.81 bits per heavy atom. The highest BCUT2D eigenvalue weighted by Gasteiger charge is 2.39. The fourth-order valence-electron chi connectivity index (χ4n) is 3.66. The summed E-state index contributed by atoms with van der Waals surface area (Å²) in [6, 6.07) is 3.21. The van der Waals surface area contributed by atoms with Crippen LogP contribution in [0.4, 0.5) is 5.82 Å². The highest BCUT2D eigenvalue weighted by atomic mass is 32.2. The number of piperidine rings is 1. The monoisotopic (exact) mass is 310 g/mol. The second-order valence-electron chi connectivity index (χ2n) is 5.89. The maximum Gasteiger partial charge on any atom is 0.243 e. The third-order valence-corrected chi connectivity index (χ3v) is 6.60. The number of nitrogen functional groups attached to an aromatic ring is 1. The van der Waals surface area contributed by atoms with Gasteiger partial charge in [-0.3, -0.25) is 0 Å². The van der Waals surface area contributed by atoms with E-state index in [0.29, 0.717) is 18.3 Å². The van der Waals surface area contributed by atoms with Crippen molar-refractivity contribution in [2.45, 2.75) is 49.5 Å². The van der Waals surface area contributed by atoms with Crippen molar-refractivity contribution in [2.24, 2.45) is 11.8 Å². The molecule has 0 bridgehead atoms. The van der Waals surface area contributed by atoms with Crippen molar-refractivity contribution in [2.75, 3.05) is 12.0 Å². The van der Waals surface area contributed by atoms with Crippen LogP contribution >= 0.6 is 0 Å². The highest BCUT2D eigenvalue weighted by molar-refractivity contribution is 7.89. The van der Waals surface area contributed by atoms with Crippen LogP contribution in [-0.2, 0) is 10.0 Å². The first-order valence-corrected chi connectivity index (χ1v) is 9.01. The van der Waals surface area contributed by atoms with Gasteiger partial charge in [-0.15, -0.1) is 0 Å². The number of hydrazine groups is 1. The lowest BCUT2D eigenvalue weighted by Crippen LogP contribution is -2.49. The summed E-state index contributed by atoms with van der Waals surface area (Å²) in [5.74, 6) is 6.22. The molecule has 2 fully saturated rings. The molecule has 2 aliphatic rings. The normalized spacial score (nSPS) is 27.1. The van der Waals surface area contributed by atoms with E-state index >= 15 is 0 Å². The van der Waals surface area contributed by atoms with Crippen molar-refractivity contribution in [1.29, 1.82) is 0 Å². The van der Waals surface area contributed by atoms with Crippen molar-refractivity contribution in [3.05, 3.63) is 18.3 Å². The van der Waals surface area contributed by atoms with Gasteiger partial charge in [0, 0.05) is 24.8 Å². The number of hydrogen-bond donors (Lipinski definition) is 2. The Labute approximate surface area is 125 Å². The average Bonchev–Trinajstić information content (AvgIpc) is 2.54. The summed E-state index contributed by atoms with van der Waals surface area (Å²) in [6.07, 6.45) is 8.07. The largest absolute Gasteiger partial charge is 0.308 e. The van der Waals surface area contributed by atoms with Gasteiger partial charge in [0.25, 0.3) is 0 Å². The molecular formula is C14H22N4O2S. The van der Waals surface area contributed by atoms with Gasteiger partial charge < -0.3 is 5.43 Å². The number of hydrogen-bond acceptors (Lipinski definition) is 5.